The lowest BCUT2D eigenvalue weighted by atomic mass is 10.0. The van der Waals surface area contributed by atoms with Crippen LogP contribution < -0.4 is 10.6 Å². The Morgan fingerprint density at radius 2 is 1.77 bits per heavy atom. The molecule has 1 aliphatic rings. The summed E-state index contributed by atoms with van der Waals surface area (Å²) in [4.78, 5) is 28.9. The lowest BCUT2D eigenvalue weighted by Crippen LogP contribution is -2.14. The highest BCUT2D eigenvalue weighted by atomic mass is 19.4. The SMILES string of the molecule is Cc1cn(-c2cc(NC(=O)c3ccc(C)c(C#Cc4ccc(NC(=O)C5CC5)nn4)c3)cc(C(F)(F)F)c2)cn1. The van der Waals surface area contributed by atoms with Crippen LogP contribution in [0.4, 0.5) is 24.7 Å². The second-order valence-corrected chi connectivity index (χ2v) is 9.49. The van der Waals surface area contributed by atoms with E-state index >= 15 is 0 Å². The van der Waals surface area contributed by atoms with Gasteiger partial charge >= 0.3 is 6.18 Å². The zero-order chi connectivity index (χ0) is 28.4. The van der Waals surface area contributed by atoms with E-state index in [-0.39, 0.29) is 28.8 Å². The maximum absolute atomic E-state index is 13.6. The molecule has 1 aliphatic carbocycles. The predicted molar refractivity (Wildman–Crippen MR) is 142 cm³/mol. The maximum Gasteiger partial charge on any atom is 0.416 e. The molecule has 2 N–H and O–H groups in total. The molecule has 5 rings (SSSR count). The lowest BCUT2D eigenvalue weighted by Gasteiger charge is -2.14. The molecular weight excluding hydrogens is 521 g/mol. The van der Waals surface area contributed by atoms with Gasteiger partial charge in [-0.15, -0.1) is 10.2 Å². The average Bonchev–Trinajstić information content (AvgIpc) is 3.68. The van der Waals surface area contributed by atoms with Crippen molar-refractivity contribution in [2.75, 3.05) is 10.6 Å². The van der Waals surface area contributed by atoms with Crippen molar-refractivity contribution in [2.45, 2.75) is 32.9 Å². The molecule has 0 saturated heterocycles. The highest BCUT2D eigenvalue weighted by molar-refractivity contribution is 6.04. The average molecular weight is 545 g/mol. The van der Waals surface area contributed by atoms with Gasteiger partial charge < -0.3 is 15.2 Å². The number of benzene rings is 2. The van der Waals surface area contributed by atoms with E-state index in [4.69, 9.17) is 0 Å². The summed E-state index contributed by atoms with van der Waals surface area (Å²) in [6, 6.07) is 11.4. The van der Waals surface area contributed by atoms with Gasteiger partial charge in [-0.2, -0.15) is 13.2 Å². The van der Waals surface area contributed by atoms with Crippen molar-refractivity contribution >= 4 is 23.3 Å². The predicted octanol–water partition coefficient (Wildman–Crippen LogP) is 5.30. The van der Waals surface area contributed by atoms with Crippen molar-refractivity contribution in [3.8, 4) is 17.5 Å². The molecule has 0 atom stereocenters. The Morgan fingerprint density at radius 1 is 0.975 bits per heavy atom. The van der Waals surface area contributed by atoms with Crippen LogP contribution in [0.1, 0.15) is 51.3 Å². The summed E-state index contributed by atoms with van der Waals surface area (Å²) >= 11 is 0. The molecular formula is C29H23F3N6O2. The van der Waals surface area contributed by atoms with Crippen LogP contribution in [0.3, 0.4) is 0 Å². The number of carbonyl (C=O) groups excluding carboxylic acids is 2. The number of hydrogen-bond acceptors (Lipinski definition) is 5. The number of aryl methyl sites for hydroxylation is 2. The summed E-state index contributed by atoms with van der Waals surface area (Å²) in [5.74, 6) is 5.57. The Labute approximate surface area is 227 Å². The quantitative estimate of drug-likeness (QED) is 0.332. The number of carbonyl (C=O) groups is 2. The van der Waals surface area contributed by atoms with Gasteiger partial charge in [0.25, 0.3) is 5.91 Å². The minimum absolute atomic E-state index is 0.0153. The van der Waals surface area contributed by atoms with Gasteiger partial charge in [0.2, 0.25) is 5.91 Å². The number of halogens is 3. The van der Waals surface area contributed by atoms with Crippen LogP contribution in [-0.2, 0) is 11.0 Å². The van der Waals surface area contributed by atoms with E-state index in [9.17, 15) is 22.8 Å². The molecule has 0 unspecified atom stereocenters. The number of imidazole rings is 1. The number of nitrogens with zero attached hydrogens (tertiary/aromatic N) is 4. The highest BCUT2D eigenvalue weighted by Crippen LogP contribution is 2.33. The van der Waals surface area contributed by atoms with Gasteiger partial charge in [0.15, 0.2) is 5.82 Å². The molecule has 40 heavy (non-hydrogen) atoms. The molecule has 2 aromatic carbocycles. The number of nitrogens with one attached hydrogen (secondary N) is 2. The summed E-state index contributed by atoms with van der Waals surface area (Å²) in [5.41, 5.74) is 1.85. The molecule has 2 heterocycles. The first-order valence-corrected chi connectivity index (χ1v) is 12.4. The van der Waals surface area contributed by atoms with Crippen LogP contribution in [-0.4, -0.2) is 31.6 Å². The lowest BCUT2D eigenvalue weighted by molar-refractivity contribution is -0.137. The second kappa shape index (κ2) is 10.6. The van der Waals surface area contributed by atoms with Crippen molar-refractivity contribution in [3.05, 3.63) is 94.7 Å². The Bertz CT molecular complexity index is 1660. The zero-order valence-electron chi connectivity index (χ0n) is 21.5. The van der Waals surface area contributed by atoms with Crippen LogP contribution in [0.5, 0.6) is 0 Å². The third-order valence-electron chi connectivity index (χ3n) is 6.20. The van der Waals surface area contributed by atoms with Crippen LogP contribution in [0, 0.1) is 31.6 Å². The van der Waals surface area contributed by atoms with Gasteiger partial charge in [0, 0.05) is 34.6 Å². The van der Waals surface area contributed by atoms with E-state index in [1.165, 1.54) is 17.0 Å². The number of anilines is 2. The minimum Gasteiger partial charge on any atom is -0.322 e. The van der Waals surface area contributed by atoms with E-state index in [1.54, 1.807) is 43.5 Å². The normalized spacial score (nSPS) is 12.8. The molecule has 202 valence electrons. The molecule has 8 nitrogen and oxygen atoms in total. The van der Waals surface area contributed by atoms with E-state index in [0.29, 0.717) is 22.8 Å². The molecule has 0 spiro atoms. The summed E-state index contributed by atoms with van der Waals surface area (Å²) in [5, 5.41) is 13.3. The largest absolute Gasteiger partial charge is 0.416 e. The van der Waals surface area contributed by atoms with Crippen molar-refractivity contribution in [1.29, 1.82) is 0 Å². The smallest absolute Gasteiger partial charge is 0.322 e. The van der Waals surface area contributed by atoms with Gasteiger partial charge in [-0.3, -0.25) is 9.59 Å². The molecule has 0 radical (unpaired) electrons. The zero-order valence-corrected chi connectivity index (χ0v) is 21.5. The van der Waals surface area contributed by atoms with Gasteiger partial charge in [0.1, 0.15) is 5.69 Å². The fraction of sp³-hybridized carbons (Fsp3) is 0.207. The van der Waals surface area contributed by atoms with E-state index < -0.39 is 17.6 Å². The molecule has 0 bridgehead atoms. The first kappa shape index (κ1) is 26.6. The second-order valence-electron chi connectivity index (χ2n) is 9.49. The Kier molecular flexibility index (Phi) is 7.09. The third-order valence-corrected chi connectivity index (χ3v) is 6.20. The fourth-order valence-corrected chi connectivity index (χ4v) is 3.83. The van der Waals surface area contributed by atoms with Gasteiger partial charge in [-0.05, 0) is 80.6 Å². The van der Waals surface area contributed by atoms with Gasteiger partial charge in [0.05, 0.1) is 17.6 Å². The number of hydrogen-bond donors (Lipinski definition) is 2. The standard InChI is InChI=1S/C29H23F3N6O2/c1-17-3-4-21(11-20(17)7-8-23-9-10-26(37-36-23)35-27(39)19-5-6-19)28(40)34-24-12-22(29(30,31)32)13-25(14-24)38-15-18(2)33-16-38/h3-4,9-16,19H,5-6H2,1-2H3,(H,34,40)(H,35,37,39). The minimum atomic E-state index is -4.61. The van der Waals surface area contributed by atoms with Gasteiger partial charge in [-0.1, -0.05) is 12.0 Å². The van der Waals surface area contributed by atoms with Crippen molar-refractivity contribution in [3.63, 3.8) is 0 Å². The van der Waals surface area contributed by atoms with Crippen LogP contribution in [0.2, 0.25) is 0 Å². The molecule has 1 fully saturated rings. The van der Waals surface area contributed by atoms with Crippen LogP contribution in [0.25, 0.3) is 5.69 Å². The van der Waals surface area contributed by atoms with Crippen molar-refractivity contribution < 1.29 is 22.8 Å². The first-order chi connectivity index (χ1) is 19.0. The number of aromatic nitrogens is 4. The number of alkyl halides is 3. The van der Waals surface area contributed by atoms with Crippen LogP contribution in [0.15, 0.2) is 61.1 Å². The molecule has 1 saturated carbocycles. The molecule has 0 aliphatic heterocycles. The van der Waals surface area contributed by atoms with E-state index in [0.717, 1.165) is 30.5 Å². The molecule has 2 aromatic heterocycles. The van der Waals surface area contributed by atoms with Crippen molar-refractivity contribution in [1.82, 2.24) is 19.7 Å². The molecule has 11 heteroatoms. The summed E-state index contributed by atoms with van der Waals surface area (Å²) in [7, 11) is 0. The fourth-order valence-electron chi connectivity index (χ4n) is 3.83. The topological polar surface area (TPSA) is 102 Å². The monoisotopic (exact) mass is 544 g/mol. The summed E-state index contributed by atoms with van der Waals surface area (Å²) in [6.07, 6.45) is 0.149. The first-order valence-electron chi connectivity index (χ1n) is 12.4. The van der Waals surface area contributed by atoms with Crippen LogP contribution >= 0.6 is 0 Å². The molecule has 4 aromatic rings. The Hall–Kier alpha value is -4.98. The Morgan fingerprint density at radius 3 is 2.42 bits per heavy atom. The van der Waals surface area contributed by atoms with Gasteiger partial charge in [-0.25, -0.2) is 4.98 Å². The number of rotatable bonds is 5. The molecule has 2 amide bonds. The van der Waals surface area contributed by atoms with Crippen molar-refractivity contribution in [2.24, 2.45) is 5.92 Å². The highest BCUT2D eigenvalue weighted by Gasteiger charge is 2.32. The Balaban J connectivity index is 1.35. The third kappa shape index (κ3) is 6.35. The van der Waals surface area contributed by atoms with E-state index in [1.807, 2.05) is 6.92 Å². The summed E-state index contributed by atoms with van der Waals surface area (Å²) < 4.78 is 42.2. The van der Waals surface area contributed by atoms with E-state index in [2.05, 4.69) is 37.7 Å². The maximum atomic E-state index is 13.6. The number of amides is 2. The summed E-state index contributed by atoms with van der Waals surface area (Å²) in [6.45, 7) is 3.54.